The summed E-state index contributed by atoms with van der Waals surface area (Å²) in [5.41, 5.74) is 0. The average molecular weight is 300 g/mol. The molecule has 0 aliphatic heterocycles. The first-order valence-corrected chi connectivity index (χ1v) is 8.69. The van der Waals surface area contributed by atoms with Crippen LogP contribution >= 0.6 is 0 Å². The van der Waals surface area contributed by atoms with Crippen molar-refractivity contribution in [2.24, 2.45) is 5.92 Å². The third kappa shape index (κ3) is 3.84. The Morgan fingerprint density at radius 1 is 1.40 bits per heavy atom. The lowest BCUT2D eigenvalue weighted by Crippen LogP contribution is -2.33. The van der Waals surface area contributed by atoms with Gasteiger partial charge < -0.3 is 9.73 Å². The van der Waals surface area contributed by atoms with Crippen LogP contribution in [0.3, 0.4) is 0 Å². The van der Waals surface area contributed by atoms with E-state index in [1.54, 1.807) is 12.1 Å². The smallest absolute Gasteiger partial charge is 0.276 e. The molecule has 1 N–H and O–H groups in total. The highest BCUT2D eigenvalue weighted by atomic mass is 32.2. The van der Waals surface area contributed by atoms with E-state index in [1.165, 1.54) is 17.1 Å². The fourth-order valence-corrected chi connectivity index (χ4v) is 3.60. The number of sulfonamides is 1. The molecule has 2 rings (SSSR count). The zero-order valence-corrected chi connectivity index (χ0v) is 13.2. The van der Waals surface area contributed by atoms with Gasteiger partial charge in [0.2, 0.25) is 5.09 Å². The van der Waals surface area contributed by atoms with E-state index in [4.69, 9.17) is 4.42 Å². The fraction of sp³-hybridized carbons (Fsp3) is 0.714. The van der Waals surface area contributed by atoms with E-state index in [9.17, 15) is 8.42 Å². The van der Waals surface area contributed by atoms with Gasteiger partial charge in [-0.2, -0.15) is 4.31 Å². The van der Waals surface area contributed by atoms with Crippen LogP contribution in [-0.2, 0) is 16.6 Å². The van der Waals surface area contributed by atoms with Gasteiger partial charge >= 0.3 is 0 Å². The lowest BCUT2D eigenvalue weighted by atomic mass is 10.2. The summed E-state index contributed by atoms with van der Waals surface area (Å²) in [6.07, 6.45) is 2.40. The Bertz CT molecular complexity index is 532. The summed E-state index contributed by atoms with van der Waals surface area (Å²) in [4.78, 5) is 0. The Morgan fingerprint density at radius 2 is 2.10 bits per heavy atom. The molecule has 0 radical (unpaired) electrons. The van der Waals surface area contributed by atoms with Crippen LogP contribution in [0.2, 0.25) is 0 Å². The van der Waals surface area contributed by atoms with Gasteiger partial charge in [-0.3, -0.25) is 0 Å². The summed E-state index contributed by atoms with van der Waals surface area (Å²) >= 11 is 0. The molecule has 0 atom stereocenters. The molecule has 5 nitrogen and oxygen atoms in total. The quantitative estimate of drug-likeness (QED) is 0.799. The third-order valence-electron chi connectivity index (χ3n) is 3.29. The van der Waals surface area contributed by atoms with E-state index in [0.29, 0.717) is 31.4 Å². The Hall–Kier alpha value is -0.850. The summed E-state index contributed by atoms with van der Waals surface area (Å²) < 4.78 is 31.9. The number of nitrogens with zero attached hydrogens (tertiary/aromatic N) is 1. The Labute approximate surface area is 121 Å². The minimum absolute atomic E-state index is 0.0487. The summed E-state index contributed by atoms with van der Waals surface area (Å²) in [6, 6.07) is 3.88. The molecule has 0 amide bonds. The Morgan fingerprint density at radius 3 is 2.65 bits per heavy atom. The van der Waals surface area contributed by atoms with Gasteiger partial charge in [0, 0.05) is 19.1 Å². The predicted octanol–water partition coefficient (Wildman–Crippen LogP) is 2.20. The highest BCUT2D eigenvalue weighted by molar-refractivity contribution is 7.89. The van der Waals surface area contributed by atoms with Crippen LogP contribution in [-0.4, -0.2) is 31.9 Å². The van der Waals surface area contributed by atoms with Crippen LogP contribution < -0.4 is 5.32 Å². The first-order valence-electron chi connectivity index (χ1n) is 7.25. The lowest BCUT2D eigenvalue weighted by molar-refractivity contribution is 0.349. The maximum absolute atomic E-state index is 12.5. The Kier molecular flexibility index (Phi) is 4.88. The molecule has 114 valence electrons. The van der Waals surface area contributed by atoms with Gasteiger partial charge in [0.25, 0.3) is 10.0 Å². The summed E-state index contributed by atoms with van der Waals surface area (Å²) in [5.74, 6) is 0.965. The van der Waals surface area contributed by atoms with Crippen molar-refractivity contribution in [2.75, 3.05) is 13.1 Å². The van der Waals surface area contributed by atoms with Crippen LogP contribution in [0, 0.1) is 5.92 Å². The Balaban J connectivity index is 2.07. The SMILES string of the molecule is CCN(CC(C)C)S(=O)(=O)c1ccc(CNC2CC2)o1. The molecule has 1 heterocycles. The second kappa shape index (κ2) is 6.28. The molecule has 20 heavy (non-hydrogen) atoms. The topological polar surface area (TPSA) is 62.6 Å². The summed E-state index contributed by atoms with van der Waals surface area (Å²) in [7, 11) is -3.51. The van der Waals surface area contributed by atoms with E-state index < -0.39 is 10.0 Å². The fourth-order valence-electron chi connectivity index (χ4n) is 2.06. The van der Waals surface area contributed by atoms with Crippen LogP contribution in [0.5, 0.6) is 0 Å². The molecule has 1 saturated carbocycles. The van der Waals surface area contributed by atoms with Gasteiger partial charge in [0.05, 0.1) is 6.54 Å². The lowest BCUT2D eigenvalue weighted by Gasteiger charge is -2.20. The van der Waals surface area contributed by atoms with Gasteiger partial charge in [0.1, 0.15) is 5.76 Å². The number of rotatable bonds is 8. The minimum Gasteiger partial charge on any atom is -0.447 e. The average Bonchev–Trinajstić information content (AvgIpc) is 3.09. The molecular formula is C14H24N2O3S. The second-order valence-corrected chi connectivity index (χ2v) is 7.59. The van der Waals surface area contributed by atoms with Crippen LogP contribution in [0.4, 0.5) is 0 Å². The van der Waals surface area contributed by atoms with Crippen molar-refractivity contribution in [3.63, 3.8) is 0 Å². The minimum atomic E-state index is -3.51. The van der Waals surface area contributed by atoms with E-state index in [2.05, 4.69) is 5.32 Å². The van der Waals surface area contributed by atoms with Gasteiger partial charge in [0.15, 0.2) is 0 Å². The van der Waals surface area contributed by atoms with Crippen molar-refractivity contribution in [1.29, 1.82) is 0 Å². The molecule has 1 aliphatic carbocycles. The van der Waals surface area contributed by atoms with Crippen molar-refractivity contribution in [1.82, 2.24) is 9.62 Å². The van der Waals surface area contributed by atoms with Crippen LogP contribution in [0.25, 0.3) is 0 Å². The van der Waals surface area contributed by atoms with E-state index in [0.717, 1.165) is 0 Å². The van der Waals surface area contributed by atoms with Crippen molar-refractivity contribution in [3.05, 3.63) is 17.9 Å². The van der Waals surface area contributed by atoms with Gasteiger partial charge in [-0.25, -0.2) is 8.42 Å². The zero-order chi connectivity index (χ0) is 14.8. The molecule has 1 aliphatic rings. The van der Waals surface area contributed by atoms with Gasteiger partial charge in [-0.1, -0.05) is 20.8 Å². The first kappa shape index (κ1) is 15.5. The highest BCUT2D eigenvalue weighted by Crippen LogP contribution is 2.22. The normalized spacial score (nSPS) is 16.2. The molecule has 0 saturated heterocycles. The second-order valence-electron chi connectivity index (χ2n) is 5.73. The largest absolute Gasteiger partial charge is 0.447 e. The molecule has 1 aromatic rings. The number of furan rings is 1. The van der Waals surface area contributed by atoms with Crippen molar-refractivity contribution in [2.45, 2.75) is 51.3 Å². The summed E-state index contributed by atoms with van der Waals surface area (Å²) in [5, 5.41) is 3.36. The zero-order valence-electron chi connectivity index (χ0n) is 12.4. The maximum Gasteiger partial charge on any atom is 0.276 e. The van der Waals surface area contributed by atoms with Gasteiger partial charge in [-0.15, -0.1) is 0 Å². The predicted molar refractivity (Wildman–Crippen MR) is 77.8 cm³/mol. The number of hydrogen-bond donors (Lipinski definition) is 1. The van der Waals surface area contributed by atoms with E-state index >= 15 is 0 Å². The molecular weight excluding hydrogens is 276 g/mol. The molecule has 0 spiro atoms. The van der Waals surface area contributed by atoms with E-state index in [-0.39, 0.29) is 11.0 Å². The van der Waals surface area contributed by atoms with Crippen molar-refractivity contribution in [3.8, 4) is 0 Å². The highest BCUT2D eigenvalue weighted by Gasteiger charge is 2.27. The van der Waals surface area contributed by atoms with Crippen molar-refractivity contribution >= 4 is 10.0 Å². The molecule has 0 unspecified atom stereocenters. The molecule has 0 bridgehead atoms. The van der Waals surface area contributed by atoms with Crippen LogP contribution in [0.1, 0.15) is 39.4 Å². The number of nitrogens with one attached hydrogen (secondary N) is 1. The molecule has 1 fully saturated rings. The monoisotopic (exact) mass is 300 g/mol. The first-order chi connectivity index (χ1) is 9.43. The molecule has 0 aromatic carbocycles. The molecule has 1 aromatic heterocycles. The van der Waals surface area contributed by atoms with Gasteiger partial charge in [-0.05, 0) is 30.9 Å². The third-order valence-corrected chi connectivity index (χ3v) is 5.11. The standard InChI is InChI=1S/C14H24N2O3S/c1-4-16(10-11(2)3)20(17,18)14-8-7-13(19-14)9-15-12-5-6-12/h7-8,11-12,15H,4-6,9-10H2,1-3H3. The maximum atomic E-state index is 12.5. The van der Waals surface area contributed by atoms with Crippen molar-refractivity contribution < 1.29 is 12.8 Å². The van der Waals surface area contributed by atoms with E-state index in [1.807, 2.05) is 20.8 Å². The van der Waals surface area contributed by atoms with Crippen LogP contribution in [0.15, 0.2) is 21.6 Å². The summed E-state index contributed by atoms with van der Waals surface area (Å²) in [6.45, 7) is 7.41. The number of hydrogen-bond acceptors (Lipinski definition) is 4. The molecule has 6 heteroatoms.